The lowest BCUT2D eigenvalue weighted by atomic mass is 10.1. The smallest absolute Gasteiger partial charge is 0.250 e. The van der Waals surface area contributed by atoms with Crippen molar-refractivity contribution in [1.29, 1.82) is 0 Å². The van der Waals surface area contributed by atoms with Crippen molar-refractivity contribution < 1.29 is 9.53 Å². The van der Waals surface area contributed by atoms with Gasteiger partial charge in [0.05, 0.1) is 18.8 Å². The van der Waals surface area contributed by atoms with Crippen molar-refractivity contribution in [2.75, 3.05) is 5.32 Å². The Kier molecular flexibility index (Phi) is 5.66. The van der Waals surface area contributed by atoms with E-state index < -0.39 is 0 Å². The lowest BCUT2D eigenvalue weighted by Crippen LogP contribution is -2.18. The Morgan fingerprint density at radius 3 is 2.68 bits per heavy atom. The van der Waals surface area contributed by atoms with Crippen LogP contribution < -0.4 is 10.9 Å². The molecule has 1 amide bonds. The number of carbonyl (C=O) groups excluding carboxylic acids is 1. The number of benzene rings is 1. The van der Waals surface area contributed by atoms with Crippen molar-refractivity contribution in [2.45, 2.75) is 51.4 Å². The highest BCUT2D eigenvalue weighted by Gasteiger charge is 2.22. The van der Waals surface area contributed by atoms with E-state index in [9.17, 15) is 9.59 Å². The Bertz CT molecular complexity index is 767. The van der Waals surface area contributed by atoms with Gasteiger partial charge in [-0.1, -0.05) is 18.2 Å². The van der Waals surface area contributed by atoms with Crippen molar-refractivity contribution in [3.05, 3.63) is 64.6 Å². The monoisotopic (exact) mass is 340 g/mol. The summed E-state index contributed by atoms with van der Waals surface area (Å²) in [6, 6.07) is 12.7. The van der Waals surface area contributed by atoms with E-state index >= 15 is 0 Å². The lowest BCUT2D eigenvalue weighted by molar-refractivity contribution is -0.116. The minimum atomic E-state index is -0.0247. The summed E-state index contributed by atoms with van der Waals surface area (Å²) in [7, 11) is 0. The Labute approximate surface area is 147 Å². The summed E-state index contributed by atoms with van der Waals surface area (Å²) in [6.07, 6.45) is 5.67. The first kappa shape index (κ1) is 17.4. The molecule has 1 fully saturated rings. The second-order valence-electron chi connectivity index (χ2n) is 6.60. The molecule has 25 heavy (non-hydrogen) atoms. The number of nitrogens with zero attached hydrogens (tertiary/aromatic N) is 1. The highest BCUT2D eigenvalue weighted by molar-refractivity contribution is 5.90. The van der Waals surface area contributed by atoms with Crippen LogP contribution in [0.1, 0.15) is 38.2 Å². The molecule has 5 nitrogen and oxygen atoms in total. The molecular weight excluding hydrogens is 316 g/mol. The minimum absolute atomic E-state index is 0.00943. The van der Waals surface area contributed by atoms with Crippen molar-refractivity contribution in [2.24, 2.45) is 0 Å². The van der Waals surface area contributed by atoms with Crippen molar-refractivity contribution in [1.82, 2.24) is 4.57 Å². The molecule has 2 atom stereocenters. The van der Waals surface area contributed by atoms with Crippen LogP contribution in [-0.2, 0) is 16.1 Å². The molecule has 1 N–H and O–H groups in total. The van der Waals surface area contributed by atoms with Gasteiger partial charge in [-0.15, -0.1) is 0 Å². The first-order valence-corrected chi connectivity index (χ1v) is 8.80. The predicted molar refractivity (Wildman–Crippen MR) is 97.7 cm³/mol. The van der Waals surface area contributed by atoms with Crippen LogP contribution in [0.5, 0.6) is 0 Å². The Balaban J connectivity index is 1.49. The van der Waals surface area contributed by atoms with Gasteiger partial charge in [-0.25, -0.2) is 0 Å². The van der Waals surface area contributed by atoms with E-state index in [0.29, 0.717) is 19.1 Å². The Morgan fingerprint density at radius 2 is 2.00 bits per heavy atom. The van der Waals surface area contributed by atoms with Gasteiger partial charge < -0.3 is 14.6 Å². The molecule has 1 saturated heterocycles. The first-order valence-electron chi connectivity index (χ1n) is 8.80. The number of rotatable bonds is 6. The Morgan fingerprint density at radius 1 is 1.20 bits per heavy atom. The van der Waals surface area contributed by atoms with Gasteiger partial charge >= 0.3 is 0 Å². The molecule has 1 aliphatic rings. The SMILES string of the molecule is C[C@H]1CC[C@@H](CCC(=O)Nc2ccc(Cn3ccccc3=O)cc2)O1. The molecule has 0 bridgehead atoms. The van der Waals surface area contributed by atoms with Crippen molar-refractivity contribution in [3.63, 3.8) is 0 Å². The van der Waals surface area contributed by atoms with Crippen LogP contribution >= 0.6 is 0 Å². The van der Waals surface area contributed by atoms with Gasteiger partial charge in [-0.05, 0) is 49.9 Å². The number of amides is 1. The average Bonchev–Trinajstić information content (AvgIpc) is 3.02. The number of carbonyl (C=O) groups is 1. The van der Waals surface area contributed by atoms with Crippen LogP contribution in [0.2, 0.25) is 0 Å². The third kappa shape index (κ3) is 5.03. The molecule has 1 aromatic carbocycles. The van der Waals surface area contributed by atoms with E-state index in [1.54, 1.807) is 22.9 Å². The fraction of sp³-hybridized carbons (Fsp3) is 0.400. The standard InChI is InChI=1S/C20H24N2O3/c1-15-5-10-18(25-15)11-12-19(23)21-17-8-6-16(7-9-17)14-22-13-3-2-4-20(22)24/h2-4,6-9,13,15,18H,5,10-12,14H2,1H3,(H,21,23)/t15-,18-/m0/s1. The van der Waals surface area contributed by atoms with Gasteiger partial charge in [0.15, 0.2) is 0 Å². The first-order chi connectivity index (χ1) is 12.1. The molecular formula is C20H24N2O3. The number of nitrogens with one attached hydrogen (secondary N) is 1. The molecule has 0 saturated carbocycles. The van der Waals surface area contributed by atoms with Gasteiger partial charge in [-0.2, -0.15) is 0 Å². The van der Waals surface area contributed by atoms with Crippen LogP contribution in [0.15, 0.2) is 53.5 Å². The fourth-order valence-electron chi connectivity index (χ4n) is 3.09. The van der Waals surface area contributed by atoms with Gasteiger partial charge in [0, 0.05) is 24.4 Å². The summed E-state index contributed by atoms with van der Waals surface area (Å²) in [6.45, 7) is 2.59. The average molecular weight is 340 g/mol. The number of hydrogen-bond acceptors (Lipinski definition) is 3. The fourth-order valence-corrected chi connectivity index (χ4v) is 3.09. The topological polar surface area (TPSA) is 60.3 Å². The number of hydrogen-bond donors (Lipinski definition) is 1. The molecule has 1 aliphatic heterocycles. The Hall–Kier alpha value is -2.40. The van der Waals surface area contributed by atoms with E-state index in [1.807, 2.05) is 30.3 Å². The van der Waals surface area contributed by atoms with Crippen molar-refractivity contribution >= 4 is 11.6 Å². The van der Waals surface area contributed by atoms with E-state index in [4.69, 9.17) is 4.74 Å². The maximum absolute atomic E-state index is 12.1. The van der Waals surface area contributed by atoms with Crippen LogP contribution in [0.25, 0.3) is 0 Å². The summed E-state index contributed by atoms with van der Waals surface area (Å²) in [5.41, 5.74) is 1.76. The van der Waals surface area contributed by atoms with Gasteiger partial charge in [0.1, 0.15) is 0 Å². The zero-order chi connectivity index (χ0) is 17.6. The zero-order valence-corrected chi connectivity index (χ0v) is 14.5. The number of pyridine rings is 1. The molecule has 2 aromatic rings. The molecule has 2 heterocycles. The number of ether oxygens (including phenoxy) is 1. The molecule has 0 unspecified atom stereocenters. The molecule has 0 spiro atoms. The molecule has 1 aromatic heterocycles. The minimum Gasteiger partial charge on any atom is -0.375 e. The van der Waals surface area contributed by atoms with Gasteiger partial charge in [0.25, 0.3) is 5.56 Å². The van der Waals surface area contributed by atoms with E-state index in [-0.39, 0.29) is 17.6 Å². The van der Waals surface area contributed by atoms with Crippen LogP contribution in [-0.4, -0.2) is 22.7 Å². The molecule has 0 radical (unpaired) electrons. The van der Waals surface area contributed by atoms with Gasteiger partial charge in [0.2, 0.25) is 5.91 Å². The maximum Gasteiger partial charge on any atom is 0.250 e. The van der Waals surface area contributed by atoms with Crippen LogP contribution in [0, 0.1) is 0 Å². The summed E-state index contributed by atoms with van der Waals surface area (Å²) in [5.74, 6) is 0.00943. The quantitative estimate of drug-likeness (QED) is 0.878. The summed E-state index contributed by atoms with van der Waals surface area (Å²) in [4.78, 5) is 23.8. The van der Waals surface area contributed by atoms with E-state index in [2.05, 4.69) is 12.2 Å². The van der Waals surface area contributed by atoms with Gasteiger partial charge in [-0.3, -0.25) is 9.59 Å². The van der Waals surface area contributed by atoms with E-state index in [0.717, 1.165) is 30.5 Å². The second kappa shape index (κ2) is 8.12. The molecule has 0 aliphatic carbocycles. The molecule has 3 rings (SSSR count). The number of aromatic nitrogens is 1. The zero-order valence-electron chi connectivity index (χ0n) is 14.5. The summed E-state index contributed by atoms with van der Waals surface area (Å²) in [5, 5.41) is 2.92. The lowest BCUT2D eigenvalue weighted by Gasteiger charge is -2.11. The third-order valence-corrected chi connectivity index (χ3v) is 4.50. The summed E-state index contributed by atoms with van der Waals surface area (Å²) < 4.78 is 7.38. The normalized spacial score (nSPS) is 19.7. The van der Waals surface area contributed by atoms with Crippen molar-refractivity contribution in [3.8, 4) is 0 Å². The molecule has 132 valence electrons. The molecule has 5 heteroatoms. The van der Waals surface area contributed by atoms with Crippen LogP contribution in [0.4, 0.5) is 5.69 Å². The second-order valence-corrected chi connectivity index (χ2v) is 6.60. The van der Waals surface area contributed by atoms with E-state index in [1.165, 1.54) is 0 Å². The third-order valence-electron chi connectivity index (χ3n) is 4.50. The maximum atomic E-state index is 12.1. The highest BCUT2D eigenvalue weighted by Crippen LogP contribution is 2.22. The highest BCUT2D eigenvalue weighted by atomic mass is 16.5. The number of anilines is 1. The largest absolute Gasteiger partial charge is 0.375 e. The summed E-state index contributed by atoms with van der Waals surface area (Å²) >= 11 is 0. The van der Waals surface area contributed by atoms with Crippen LogP contribution in [0.3, 0.4) is 0 Å². The predicted octanol–water partition coefficient (Wildman–Crippen LogP) is 3.18.